The van der Waals surface area contributed by atoms with Crippen molar-refractivity contribution in [1.82, 2.24) is 4.98 Å². The van der Waals surface area contributed by atoms with E-state index in [2.05, 4.69) is 10.3 Å². The fraction of sp³-hybridized carbons (Fsp3) is 0.150. The third-order valence-electron chi connectivity index (χ3n) is 4.23. The molecule has 1 aromatic carbocycles. The number of pyridine rings is 1. The minimum absolute atomic E-state index is 0.000109. The summed E-state index contributed by atoms with van der Waals surface area (Å²) in [6.45, 7) is 1.57. The number of anilines is 1. The number of thioether (sulfide) groups is 1. The second kappa shape index (κ2) is 9.37. The predicted octanol–water partition coefficient (Wildman–Crippen LogP) is 5.65. The van der Waals surface area contributed by atoms with Gasteiger partial charge in [-0.2, -0.15) is 18.4 Å². The number of nitrogens with one attached hydrogen (secondary N) is 1. The largest absolute Gasteiger partial charge is 0.417 e. The van der Waals surface area contributed by atoms with Gasteiger partial charge in [0.05, 0.1) is 32.4 Å². The molecule has 1 N–H and O–H groups in total. The number of aromatic nitrogens is 1. The van der Waals surface area contributed by atoms with E-state index < -0.39 is 33.9 Å². The summed E-state index contributed by atoms with van der Waals surface area (Å²) in [6.07, 6.45) is -4.79. The number of hydrogen-bond acceptors (Lipinski definition) is 7. The van der Waals surface area contributed by atoms with Crippen molar-refractivity contribution in [2.24, 2.45) is 0 Å². The molecule has 12 heteroatoms. The molecule has 3 aromatic rings. The topological polar surface area (TPSA) is 109 Å². The van der Waals surface area contributed by atoms with E-state index in [0.717, 1.165) is 6.07 Å². The number of aryl methyl sites for hydroxylation is 1. The fourth-order valence-electron chi connectivity index (χ4n) is 2.78. The molecule has 164 valence electrons. The zero-order valence-electron chi connectivity index (χ0n) is 16.3. The first-order chi connectivity index (χ1) is 15.1. The Bertz CT molecular complexity index is 1220. The molecule has 0 aliphatic carbocycles. The number of nitro benzene ring substituents is 1. The van der Waals surface area contributed by atoms with Crippen molar-refractivity contribution in [3.05, 3.63) is 68.6 Å². The van der Waals surface area contributed by atoms with Crippen molar-refractivity contribution in [2.75, 3.05) is 11.1 Å². The number of amides is 1. The number of carbonyl (C=O) groups is 1. The lowest BCUT2D eigenvalue weighted by atomic mass is 10.1. The zero-order chi connectivity index (χ0) is 23.5. The van der Waals surface area contributed by atoms with Crippen molar-refractivity contribution >= 4 is 40.4 Å². The van der Waals surface area contributed by atoms with Gasteiger partial charge in [0.15, 0.2) is 0 Å². The second-order valence-electron chi connectivity index (χ2n) is 6.39. The smallest absolute Gasteiger partial charge is 0.319 e. The molecule has 0 radical (unpaired) electrons. The van der Waals surface area contributed by atoms with Crippen molar-refractivity contribution in [2.45, 2.75) is 18.1 Å². The third kappa shape index (κ3) is 5.06. The van der Waals surface area contributed by atoms with Crippen LogP contribution < -0.4 is 5.32 Å². The summed E-state index contributed by atoms with van der Waals surface area (Å²) in [4.78, 5) is 27.6. The van der Waals surface area contributed by atoms with Crippen LogP contribution in [0.25, 0.3) is 10.6 Å². The van der Waals surface area contributed by atoms with Crippen LogP contribution in [0.4, 0.5) is 24.5 Å². The molecule has 0 atom stereocenters. The number of benzene rings is 1. The standard InChI is InChI=1S/C20H13F3N4O3S2/c1-11-4-2-5-15(27(29)30)18(11)26-17(28)10-32-19-12(9-24)13(20(21,22)23)8-14(25-19)16-6-3-7-31-16/h2-8H,10H2,1H3,(H,26,28). The van der Waals surface area contributed by atoms with Crippen LogP contribution in [0.5, 0.6) is 0 Å². The fourth-order valence-corrected chi connectivity index (χ4v) is 4.27. The summed E-state index contributed by atoms with van der Waals surface area (Å²) >= 11 is 1.83. The van der Waals surface area contributed by atoms with Crippen LogP contribution >= 0.6 is 23.1 Å². The SMILES string of the molecule is Cc1cccc([N+](=O)[O-])c1NC(=O)CSc1nc(-c2cccs2)cc(C(F)(F)F)c1C#N. The van der Waals surface area contributed by atoms with Crippen LogP contribution in [-0.2, 0) is 11.0 Å². The van der Waals surface area contributed by atoms with Gasteiger partial charge in [-0.3, -0.25) is 14.9 Å². The number of nitrogens with zero attached hydrogens (tertiary/aromatic N) is 3. The maximum Gasteiger partial charge on any atom is 0.417 e. The zero-order valence-corrected chi connectivity index (χ0v) is 17.9. The molecule has 0 fully saturated rings. The number of rotatable bonds is 6. The first-order valence-electron chi connectivity index (χ1n) is 8.84. The quantitative estimate of drug-likeness (QED) is 0.279. The van der Waals surface area contributed by atoms with E-state index in [4.69, 9.17) is 0 Å². The molecule has 0 unspecified atom stereocenters. The maximum absolute atomic E-state index is 13.6. The predicted molar refractivity (Wildman–Crippen MR) is 114 cm³/mol. The van der Waals surface area contributed by atoms with Gasteiger partial charge < -0.3 is 5.32 Å². The lowest BCUT2D eigenvalue weighted by Crippen LogP contribution is -2.17. The Morgan fingerprint density at radius 3 is 2.69 bits per heavy atom. The Hall–Kier alpha value is -3.43. The van der Waals surface area contributed by atoms with Gasteiger partial charge in [-0.05, 0) is 30.0 Å². The Kier molecular flexibility index (Phi) is 6.81. The highest BCUT2D eigenvalue weighted by atomic mass is 32.2. The van der Waals surface area contributed by atoms with Crippen LogP contribution in [0.3, 0.4) is 0 Å². The first kappa shape index (κ1) is 23.2. The van der Waals surface area contributed by atoms with Crippen LogP contribution in [0.15, 0.2) is 46.8 Å². The van der Waals surface area contributed by atoms with E-state index in [1.54, 1.807) is 30.5 Å². The number of nitriles is 1. The van der Waals surface area contributed by atoms with E-state index >= 15 is 0 Å². The molecule has 0 saturated carbocycles. The number of alkyl halides is 3. The van der Waals surface area contributed by atoms with Crippen LogP contribution in [0, 0.1) is 28.4 Å². The van der Waals surface area contributed by atoms with Crippen molar-refractivity contribution < 1.29 is 22.9 Å². The lowest BCUT2D eigenvalue weighted by Gasteiger charge is -2.14. The van der Waals surface area contributed by atoms with Crippen LogP contribution in [0.1, 0.15) is 16.7 Å². The molecule has 0 aliphatic rings. The van der Waals surface area contributed by atoms with E-state index in [9.17, 15) is 33.3 Å². The van der Waals surface area contributed by atoms with Gasteiger partial charge in [0, 0.05) is 6.07 Å². The summed E-state index contributed by atoms with van der Waals surface area (Å²) in [5.74, 6) is -1.09. The minimum atomic E-state index is -4.79. The number of thiophene rings is 1. The Balaban J connectivity index is 1.91. The van der Waals surface area contributed by atoms with Gasteiger partial charge in [-0.1, -0.05) is 30.0 Å². The monoisotopic (exact) mass is 478 g/mol. The average Bonchev–Trinajstić information content (AvgIpc) is 3.27. The molecular formula is C20H13F3N4O3S2. The molecule has 3 rings (SSSR count). The summed E-state index contributed by atoms with van der Waals surface area (Å²) in [7, 11) is 0. The van der Waals surface area contributed by atoms with Gasteiger partial charge >= 0.3 is 6.18 Å². The Labute approximate surface area is 188 Å². The van der Waals surface area contributed by atoms with Gasteiger partial charge in [0.25, 0.3) is 5.69 Å². The van der Waals surface area contributed by atoms with Gasteiger partial charge in [-0.15, -0.1) is 11.3 Å². The van der Waals surface area contributed by atoms with Crippen molar-refractivity contribution in [3.63, 3.8) is 0 Å². The highest BCUT2D eigenvalue weighted by Gasteiger charge is 2.36. The third-order valence-corrected chi connectivity index (χ3v) is 6.10. The summed E-state index contributed by atoms with van der Waals surface area (Å²) in [5.41, 5.74) is -1.65. The molecular weight excluding hydrogens is 465 g/mol. The molecule has 32 heavy (non-hydrogen) atoms. The molecule has 0 saturated heterocycles. The summed E-state index contributed by atoms with van der Waals surface area (Å²) < 4.78 is 40.7. The normalized spacial score (nSPS) is 11.1. The molecule has 0 bridgehead atoms. The van der Waals surface area contributed by atoms with Crippen molar-refractivity contribution in [3.8, 4) is 16.6 Å². The molecule has 0 aliphatic heterocycles. The number of nitro groups is 1. The number of halogens is 3. The highest BCUT2D eigenvalue weighted by Crippen LogP contribution is 2.38. The van der Waals surface area contributed by atoms with E-state index in [-0.39, 0.29) is 22.1 Å². The van der Waals surface area contributed by atoms with Crippen LogP contribution in [-0.4, -0.2) is 21.6 Å². The molecule has 1 amide bonds. The number of hydrogen-bond donors (Lipinski definition) is 1. The van der Waals surface area contributed by atoms with Crippen molar-refractivity contribution in [1.29, 1.82) is 5.26 Å². The van der Waals surface area contributed by atoms with Gasteiger partial charge in [0.2, 0.25) is 5.91 Å². The van der Waals surface area contributed by atoms with Gasteiger partial charge in [-0.25, -0.2) is 4.98 Å². The van der Waals surface area contributed by atoms with E-state index in [1.165, 1.54) is 29.5 Å². The highest BCUT2D eigenvalue weighted by molar-refractivity contribution is 8.00. The van der Waals surface area contributed by atoms with E-state index in [1.807, 2.05) is 0 Å². The Morgan fingerprint density at radius 1 is 1.34 bits per heavy atom. The first-order valence-corrected chi connectivity index (χ1v) is 10.7. The number of carbonyl (C=O) groups excluding carboxylic acids is 1. The van der Waals surface area contributed by atoms with Gasteiger partial charge in [0.1, 0.15) is 16.8 Å². The van der Waals surface area contributed by atoms with Crippen LogP contribution in [0.2, 0.25) is 0 Å². The lowest BCUT2D eigenvalue weighted by molar-refractivity contribution is -0.384. The van der Waals surface area contributed by atoms with E-state index in [0.29, 0.717) is 22.2 Å². The molecule has 2 heterocycles. The summed E-state index contributed by atoms with van der Waals surface area (Å²) in [5, 5.41) is 24.4. The minimum Gasteiger partial charge on any atom is -0.319 e. The molecule has 7 nitrogen and oxygen atoms in total. The average molecular weight is 478 g/mol. The summed E-state index contributed by atoms with van der Waals surface area (Å²) in [6, 6.07) is 9.86. The molecule has 0 spiro atoms. The maximum atomic E-state index is 13.6. The second-order valence-corrected chi connectivity index (χ2v) is 8.30. The molecule has 2 aromatic heterocycles. The number of para-hydroxylation sites is 1. The Morgan fingerprint density at radius 2 is 2.09 bits per heavy atom.